The van der Waals surface area contributed by atoms with Crippen LogP contribution in [-0.2, 0) is 25.8 Å². The SMILES string of the molecule is CS(=O)(=O)C1CCCC(OC(=O)Cc2cccc(N)c2)C1. The molecule has 21 heavy (non-hydrogen) atoms. The standard InChI is InChI=1S/C15H21NO4S/c1-21(18,19)14-7-3-6-13(10-14)20-15(17)9-11-4-2-5-12(16)8-11/h2,4-5,8,13-14H,3,6-7,9-10,16H2,1H3. The van der Waals surface area contributed by atoms with Crippen molar-refractivity contribution in [3.8, 4) is 0 Å². The van der Waals surface area contributed by atoms with Crippen molar-refractivity contribution in [2.75, 3.05) is 12.0 Å². The van der Waals surface area contributed by atoms with E-state index in [1.54, 1.807) is 18.2 Å². The van der Waals surface area contributed by atoms with E-state index in [4.69, 9.17) is 10.5 Å². The maximum atomic E-state index is 11.9. The van der Waals surface area contributed by atoms with Gasteiger partial charge in [0, 0.05) is 18.4 Å². The Kier molecular flexibility index (Phi) is 4.88. The van der Waals surface area contributed by atoms with Gasteiger partial charge in [0.25, 0.3) is 0 Å². The van der Waals surface area contributed by atoms with E-state index in [1.165, 1.54) is 6.26 Å². The van der Waals surface area contributed by atoms with E-state index in [9.17, 15) is 13.2 Å². The summed E-state index contributed by atoms with van der Waals surface area (Å²) in [6.07, 6.45) is 3.67. The predicted octanol–water partition coefficient (Wildman–Crippen LogP) is 1.71. The van der Waals surface area contributed by atoms with Gasteiger partial charge >= 0.3 is 5.97 Å². The summed E-state index contributed by atoms with van der Waals surface area (Å²) >= 11 is 0. The van der Waals surface area contributed by atoms with Crippen LogP contribution in [0.1, 0.15) is 31.2 Å². The maximum absolute atomic E-state index is 11.9. The number of esters is 1. The molecule has 1 fully saturated rings. The average molecular weight is 311 g/mol. The molecule has 1 aliphatic carbocycles. The molecule has 0 heterocycles. The lowest BCUT2D eigenvalue weighted by Crippen LogP contribution is -2.33. The van der Waals surface area contributed by atoms with Gasteiger partial charge in [-0.15, -0.1) is 0 Å². The largest absolute Gasteiger partial charge is 0.462 e. The van der Waals surface area contributed by atoms with Crippen molar-refractivity contribution in [1.82, 2.24) is 0 Å². The Morgan fingerprint density at radius 3 is 2.81 bits per heavy atom. The van der Waals surface area contributed by atoms with Crippen LogP contribution in [0.15, 0.2) is 24.3 Å². The van der Waals surface area contributed by atoms with Gasteiger partial charge in [0.05, 0.1) is 11.7 Å². The smallest absolute Gasteiger partial charge is 0.310 e. The molecule has 0 spiro atoms. The number of hydrogen-bond acceptors (Lipinski definition) is 5. The van der Waals surface area contributed by atoms with E-state index in [2.05, 4.69) is 0 Å². The summed E-state index contributed by atoms with van der Waals surface area (Å²) in [6.45, 7) is 0. The molecule has 0 aromatic heterocycles. The minimum absolute atomic E-state index is 0.158. The first-order valence-electron chi connectivity index (χ1n) is 7.07. The fourth-order valence-electron chi connectivity index (χ4n) is 2.70. The van der Waals surface area contributed by atoms with Crippen LogP contribution in [-0.4, -0.2) is 32.0 Å². The minimum Gasteiger partial charge on any atom is -0.462 e. The Morgan fingerprint density at radius 2 is 2.14 bits per heavy atom. The van der Waals surface area contributed by atoms with E-state index in [0.29, 0.717) is 18.5 Å². The van der Waals surface area contributed by atoms with Gasteiger partial charge in [0.1, 0.15) is 15.9 Å². The zero-order valence-corrected chi connectivity index (χ0v) is 12.9. The number of carbonyl (C=O) groups excluding carboxylic acids is 1. The molecule has 116 valence electrons. The van der Waals surface area contributed by atoms with Crippen molar-refractivity contribution in [3.63, 3.8) is 0 Å². The van der Waals surface area contributed by atoms with Gasteiger partial charge in [-0.05, 0) is 37.0 Å². The third-order valence-electron chi connectivity index (χ3n) is 3.78. The lowest BCUT2D eigenvalue weighted by Gasteiger charge is -2.27. The Labute approximate surface area is 125 Å². The molecule has 2 atom stereocenters. The summed E-state index contributed by atoms with van der Waals surface area (Å²) in [5.41, 5.74) is 7.07. The van der Waals surface area contributed by atoms with Crippen molar-refractivity contribution in [2.24, 2.45) is 0 Å². The highest BCUT2D eigenvalue weighted by Crippen LogP contribution is 2.26. The second-order valence-electron chi connectivity index (χ2n) is 5.65. The lowest BCUT2D eigenvalue weighted by molar-refractivity contribution is -0.149. The number of rotatable bonds is 4. The zero-order valence-electron chi connectivity index (χ0n) is 12.1. The molecule has 1 aromatic rings. The maximum Gasteiger partial charge on any atom is 0.310 e. The van der Waals surface area contributed by atoms with Gasteiger partial charge in [-0.1, -0.05) is 12.1 Å². The molecule has 6 heteroatoms. The molecular weight excluding hydrogens is 290 g/mol. The van der Waals surface area contributed by atoms with Gasteiger partial charge in [-0.3, -0.25) is 4.79 Å². The number of hydrogen-bond donors (Lipinski definition) is 1. The zero-order chi connectivity index (χ0) is 15.5. The molecule has 5 nitrogen and oxygen atoms in total. The number of sulfone groups is 1. The molecule has 1 saturated carbocycles. The highest BCUT2D eigenvalue weighted by molar-refractivity contribution is 7.91. The summed E-state index contributed by atoms with van der Waals surface area (Å²) in [5, 5.41) is -0.392. The highest BCUT2D eigenvalue weighted by Gasteiger charge is 2.30. The molecule has 2 unspecified atom stereocenters. The van der Waals surface area contributed by atoms with E-state index < -0.39 is 15.1 Å². The third-order valence-corrected chi connectivity index (χ3v) is 5.42. The van der Waals surface area contributed by atoms with E-state index in [1.807, 2.05) is 6.07 Å². The summed E-state index contributed by atoms with van der Waals surface area (Å²) in [6, 6.07) is 7.10. The van der Waals surface area contributed by atoms with Gasteiger partial charge in [-0.2, -0.15) is 0 Å². The van der Waals surface area contributed by atoms with Crippen molar-refractivity contribution in [2.45, 2.75) is 43.5 Å². The van der Waals surface area contributed by atoms with Gasteiger partial charge < -0.3 is 10.5 Å². The first kappa shape index (κ1) is 15.8. The monoisotopic (exact) mass is 311 g/mol. The molecule has 0 bridgehead atoms. The van der Waals surface area contributed by atoms with Crippen molar-refractivity contribution in [1.29, 1.82) is 0 Å². The average Bonchev–Trinajstić information content (AvgIpc) is 2.37. The molecule has 2 N–H and O–H groups in total. The number of anilines is 1. The number of benzene rings is 1. The molecule has 2 rings (SSSR count). The molecule has 0 radical (unpaired) electrons. The van der Waals surface area contributed by atoms with E-state index in [-0.39, 0.29) is 18.5 Å². The lowest BCUT2D eigenvalue weighted by atomic mass is 9.97. The number of nitrogens with two attached hydrogens (primary N) is 1. The van der Waals surface area contributed by atoms with Gasteiger partial charge in [0.15, 0.2) is 0 Å². The first-order valence-corrected chi connectivity index (χ1v) is 9.03. The minimum atomic E-state index is -3.07. The second-order valence-corrected chi connectivity index (χ2v) is 7.98. The fourth-order valence-corrected chi connectivity index (χ4v) is 3.85. The van der Waals surface area contributed by atoms with Crippen molar-refractivity contribution in [3.05, 3.63) is 29.8 Å². The summed E-state index contributed by atoms with van der Waals surface area (Å²) in [7, 11) is -3.07. The summed E-state index contributed by atoms with van der Waals surface area (Å²) in [5.74, 6) is -0.334. The fraction of sp³-hybridized carbons (Fsp3) is 0.533. The quantitative estimate of drug-likeness (QED) is 0.675. The van der Waals surface area contributed by atoms with Crippen LogP contribution in [0.2, 0.25) is 0 Å². The molecular formula is C15H21NO4S. The predicted molar refractivity (Wildman–Crippen MR) is 81.5 cm³/mol. The van der Waals surface area contributed by atoms with Crippen molar-refractivity contribution >= 4 is 21.5 Å². The van der Waals surface area contributed by atoms with E-state index in [0.717, 1.165) is 18.4 Å². The summed E-state index contributed by atoms with van der Waals surface area (Å²) < 4.78 is 28.6. The Hall–Kier alpha value is -1.56. The molecule has 0 amide bonds. The second kappa shape index (κ2) is 6.47. The molecule has 0 saturated heterocycles. The van der Waals surface area contributed by atoms with Crippen LogP contribution in [0, 0.1) is 0 Å². The molecule has 1 aliphatic rings. The van der Waals surface area contributed by atoms with Crippen LogP contribution in [0.4, 0.5) is 5.69 Å². The number of carbonyl (C=O) groups is 1. The van der Waals surface area contributed by atoms with Crippen LogP contribution in [0.5, 0.6) is 0 Å². The molecule has 0 aliphatic heterocycles. The van der Waals surface area contributed by atoms with Crippen LogP contribution in [0.25, 0.3) is 0 Å². The normalized spacial score (nSPS) is 22.7. The summed E-state index contributed by atoms with van der Waals surface area (Å²) in [4.78, 5) is 11.9. The Bertz CT molecular complexity index is 612. The van der Waals surface area contributed by atoms with Gasteiger partial charge in [0.2, 0.25) is 0 Å². The Morgan fingerprint density at radius 1 is 1.38 bits per heavy atom. The van der Waals surface area contributed by atoms with Crippen LogP contribution < -0.4 is 5.73 Å². The van der Waals surface area contributed by atoms with Gasteiger partial charge in [-0.25, -0.2) is 8.42 Å². The van der Waals surface area contributed by atoms with Crippen LogP contribution >= 0.6 is 0 Å². The number of ether oxygens (including phenoxy) is 1. The third kappa shape index (κ3) is 4.74. The van der Waals surface area contributed by atoms with Crippen molar-refractivity contribution < 1.29 is 17.9 Å². The van der Waals surface area contributed by atoms with E-state index >= 15 is 0 Å². The van der Waals surface area contributed by atoms with Crippen LogP contribution in [0.3, 0.4) is 0 Å². The highest BCUT2D eigenvalue weighted by atomic mass is 32.2. The first-order chi connectivity index (χ1) is 9.84. The topological polar surface area (TPSA) is 86.5 Å². The molecule has 1 aromatic carbocycles. The Balaban J connectivity index is 1.90. The number of nitrogen functional groups attached to an aromatic ring is 1.